The van der Waals surface area contributed by atoms with Crippen molar-refractivity contribution in [3.05, 3.63) is 64.2 Å². The van der Waals surface area contributed by atoms with Crippen molar-refractivity contribution in [3.8, 4) is 0 Å². The number of rotatable bonds is 12. The summed E-state index contributed by atoms with van der Waals surface area (Å²) in [7, 11) is -3.54. The van der Waals surface area contributed by atoms with Gasteiger partial charge in [0.05, 0.1) is 11.9 Å². The van der Waals surface area contributed by atoms with Gasteiger partial charge in [0.15, 0.2) is 0 Å². The fourth-order valence-electron chi connectivity index (χ4n) is 4.19. The number of carbonyl (C=O) groups is 2. The molecule has 36 heavy (non-hydrogen) atoms. The first-order valence-electron chi connectivity index (χ1n) is 12.2. The predicted molar refractivity (Wildman–Crippen MR) is 147 cm³/mol. The van der Waals surface area contributed by atoms with E-state index < -0.39 is 16.1 Å². The summed E-state index contributed by atoms with van der Waals surface area (Å²) in [6, 6.07) is 12.1. The van der Waals surface area contributed by atoms with Gasteiger partial charge in [-0.25, -0.2) is 8.42 Å². The molecule has 198 valence electrons. The summed E-state index contributed by atoms with van der Waals surface area (Å²) in [5.41, 5.74) is 3.37. The number of aryl methyl sites for hydroxylation is 2. The van der Waals surface area contributed by atoms with Crippen LogP contribution in [0.15, 0.2) is 42.5 Å². The molecule has 2 amide bonds. The smallest absolute Gasteiger partial charge is 0.243 e. The molecular weight excluding hydrogens is 498 g/mol. The van der Waals surface area contributed by atoms with Gasteiger partial charge in [0.1, 0.15) is 6.04 Å². The third kappa shape index (κ3) is 8.82. The molecule has 0 aromatic heterocycles. The summed E-state index contributed by atoms with van der Waals surface area (Å²) in [4.78, 5) is 27.9. The van der Waals surface area contributed by atoms with Crippen LogP contribution < -0.4 is 9.62 Å². The molecule has 0 aliphatic rings. The fourth-order valence-corrected chi connectivity index (χ4v) is 5.26. The van der Waals surface area contributed by atoms with Crippen molar-refractivity contribution in [2.75, 3.05) is 17.1 Å². The molecule has 2 aromatic carbocycles. The van der Waals surface area contributed by atoms with E-state index in [2.05, 4.69) is 5.32 Å². The van der Waals surface area contributed by atoms with Crippen LogP contribution in [0.4, 0.5) is 5.69 Å². The molecule has 0 saturated heterocycles. The standard InChI is InChI=1S/C27H38ClN3O4S/c1-7-25(27(33)29-19(2)3)30(18-22-10-12-23(28)13-11-22)26(32)9-8-14-31(36(6,34)35)24-16-20(4)15-21(5)17-24/h10-13,15-17,19,25H,7-9,14,18H2,1-6H3,(H,29,33)/t25-/m0/s1. The van der Waals surface area contributed by atoms with E-state index in [1.54, 1.807) is 17.0 Å². The Bertz CT molecular complexity index is 1130. The van der Waals surface area contributed by atoms with Gasteiger partial charge in [0, 0.05) is 30.6 Å². The molecule has 0 heterocycles. The summed E-state index contributed by atoms with van der Waals surface area (Å²) in [5, 5.41) is 3.50. The summed E-state index contributed by atoms with van der Waals surface area (Å²) >= 11 is 6.01. The Hall–Kier alpha value is -2.58. The Balaban J connectivity index is 2.23. The Kier molecular flexibility index (Phi) is 10.8. The van der Waals surface area contributed by atoms with Gasteiger partial charge in [-0.05, 0) is 81.5 Å². The summed E-state index contributed by atoms with van der Waals surface area (Å²) in [6.07, 6.45) is 2.05. The zero-order valence-electron chi connectivity index (χ0n) is 22.0. The average molecular weight is 536 g/mol. The molecule has 9 heteroatoms. The van der Waals surface area contributed by atoms with Crippen molar-refractivity contribution in [1.29, 1.82) is 0 Å². The first-order valence-corrected chi connectivity index (χ1v) is 14.4. The molecule has 0 bridgehead atoms. The highest BCUT2D eigenvalue weighted by molar-refractivity contribution is 7.92. The molecule has 0 unspecified atom stereocenters. The van der Waals surface area contributed by atoms with E-state index in [4.69, 9.17) is 11.6 Å². The predicted octanol–water partition coefficient (Wildman–Crippen LogP) is 4.84. The topological polar surface area (TPSA) is 86.8 Å². The molecule has 2 rings (SSSR count). The number of anilines is 1. The monoisotopic (exact) mass is 535 g/mol. The van der Waals surface area contributed by atoms with Crippen LogP contribution in [0.2, 0.25) is 5.02 Å². The Labute approximate surface area is 220 Å². The minimum atomic E-state index is -3.54. The van der Waals surface area contributed by atoms with E-state index in [0.29, 0.717) is 23.6 Å². The lowest BCUT2D eigenvalue weighted by Crippen LogP contribution is -2.50. The van der Waals surface area contributed by atoms with Crippen molar-refractivity contribution >= 4 is 39.1 Å². The largest absolute Gasteiger partial charge is 0.352 e. The van der Waals surface area contributed by atoms with Crippen LogP contribution in [-0.2, 0) is 26.2 Å². The molecular formula is C27H38ClN3O4S. The van der Waals surface area contributed by atoms with Crippen molar-refractivity contribution in [1.82, 2.24) is 10.2 Å². The van der Waals surface area contributed by atoms with E-state index in [-0.39, 0.29) is 37.4 Å². The first-order chi connectivity index (χ1) is 16.8. The van der Waals surface area contributed by atoms with Crippen LogP contribution in [0.25, 0.3) is 0 Å². The van der Waals surface area contributed by atoms with Crippen LogP contribution >= 0.6 is 11.6 Å². The lowest BCUT2D eigenvalue weighted by Gasteiger charge is -2.31. The molecule has 0 aliphatic carbocycles. The second-order valence-electron chi connectivity index (χ2n) is 9.52. The zero-order valence-corrected chi connectivity index (χ0v) is 23.6. The van der Waals surface area contributed by atoms with E-state index >= 15 is 0 Å². The van der Waals surface area contributed by atoms with Gasteiger partial charge in [0.25, 0.3) is 0 Å². The van der Waals surface area contributed by atoms with Gasteiger partial charge in [-0.1, -0.05) is 36.7 Å². The van der Waals surface area contributed by atoms with Crippen LogP contribution in [0.5, 0.6) is 0 Å². The normalized spacial score (nSPS) is 12.3. The number of benzene rings is 2. The summed E-state index contributed by atoms with van der Waals surface area (Å²) in [5.74, 6) is -0.410. The molecule has 0 fully saturated rings. The quantitative estimate of drug-likeness (QED) is 0.421. The fraction of sp³-hybridized carbons (Fsp3) is 0.481. The van der Waals surface area contributed by atoms with Gasteiger partial charge >= 0.3 is 0 Å². The SMILES string of the molecule is CC[C@@H](C(=O)NC(C)C)N(Cc1ccc(Cl)cc1)C(=O)CCCN(c1cc(C)cc(C)c1)S(C)(=O)=O. The lowest BCUT2D eigenvalue weighted by molar-refractivity contribution is -0.141. The van der Waals surface area contributed by atoms with E-state index in [9.17, 15) is 18.0 Å². The zero-order chi connectivity index (χ0) is 27.0. The Morgan fingerprint density at radius 3 is 2.11 bits per heavy atom. The summed E-state index contributed by atoms with van der Waals surface area (Å²) < 4.78 is 26.4. The Morgan fingerprint density at radius 1 is 1.03 bits per heavy atom. The number of nitrogens with one attached hydrogen (secondary N) is 1. The van der Waals surface area contributed by atoms with Gasteiger partial charge in [-0.2, -0.15) is 0 Å². The molecule has 7 nitrogen and oxygen atoms in total. The maximum Gasteiger partial charge on any atom is 0.243 e. The van der Waals surface area contributed by atoms with Gasteiger partial charge in [-0.3, -0.25) is 13.9 Å². The lowest BCUT2D eigenvalue weighted by atomic mass is 10.1. The third-order valence-electron chi connectivity index (χ3n) is 5.73. The highest BCUT2D eigenvalue weighted by atomic mass is 35.5. The summed E-state index contributed by atoms with van der Waals surface area (Å²) in [6.45, 7) is 9.89. The number of sulfonamides is 1. The highest BCUT2D eigenvalue weighted by Gasteiger charge is 2.29. The molecule has 0 radical (unpaired) electrons. The average Bonchev–Trinajstić information content (AvgIpc) is 2.75. The maximum atomic E-state index is 13.4. The molecule has 0 saturated carbocycles. The van der Waals surface area contributed by atoms with E-state index in [0.717, 1.165) is 16.7 Å². The molecule has 0 aliphatic heterocycles. The molecule has 1 N–H and O–H groups in total. The van der Waals surface area contributed by atoms with Gasteiger partial charge < -0.3 is 10.2 Å². The number of hydrogen-bond donors (Lipinski definition) is 1. The van der Waals surface area contributed by atoms with Crippen molar-refractivity contribution < 1.29 is 18.0 Å². The molecule has 1 atom stereocenters. The van der Waals surface area contributed by atoms with Gasteiger partial charge in [-0.15, -0.1) is 0 Å². The van der Waals surface area contributed by atoms with Crippen LogP contribution in [-0.4, -0.2) is 50.0 Å². The minimum Gasteiger partial charge on any atom is -0.352 e. The number of amides is 2. The number of nitrogens with zero attached hydrogens (tertiary/aromatic N) is 2. The van der Waals surface area contributed by atoms with Crippen LogP contribution in [0.3, 0.4) is 0 Å². The maximum absolute atomic E-state index is 13.4. The minimum absolute atomic E-state index is 0.0554. The highest BCUT2D eigenvalue weighted by Crippen LogP contribution is 2.23. The van der Waals surface area contributed by atoms with Crippen molar-refractivity contribution in [2.24, 2.45) is 0 Å². The second-order valence-corrected chi connectivity index (χ2v) is 11.9. The van der Waals surface area contributed by atoms with Crippen molar-refractivity contribution in [2.45, 2.75) is 72.5 Å². The van der Waals surface area contributed by atoms with Crippen LogP contribution in [0.1, 0.15) is 56.7 Å². The van der Waals surface area contributed by atoms with E-state index in [1.807, 2.05) is 65.0 Å². The van der Waals surface area contributed by atoms with Gasteiger partial charge in [0.2, 0.25) is 21.8 Å². The Morgan fingerprint density at radius 2 is 1.61 bits per heavy atom. The molecule has 2 aromatic rings. The number of hydrogen-bond acceptors (Lipinski definition) is 4. The van der Waals surface area contributed by atoms with Crippen molar-refractivity contribution in [3.63, 3.8) is 0 Å². The third-order valence-corrected chi connectivity index (χ3v) is 7.18. The first kappa shape index (κ1) is 29.6. The second kappa shape index (κ2) is 13.1. The van der Waals surface area contributed by atoms with Crippen LogP contribution in [0, 0.1) is 13.8 Å². The number of carbonyl (C=O) groups excluding carboxylic acids is 2. The number of halogens is 1. The van der Waals surface area contributed by atoms with E-state index in [1.165, 1.54) is 10.6 Å². The molecule has 0 spiro atoms.